The summed E-state index contributed by atoms with van der Waals surface area (Å²) in [6.45, 7) is 2.00. The van der Waals surface area contributed by atoms with Crippen LogP contribution in [0.25, 0.3) is 11.3 Å². The Hall–Kier alpha value is -2.14. The Labute approximate surface area is 121 Å². The van der Waals surface area contributed by atoms with Crippen molar-refractivity contribution in [2.75, 3.05) is 13.7 Å². The maximum atomic E-state index is 11.8. The Balaban J connectivity index is 2.42. The van der Waals surface area contributed by atoms with Gasteiger partial charge in [-0.25, -0.2) is 4.79 Å². The van der Waals surface area contributed by atoms with Crippen LogP contribution in [0.1, 0.15) is 17.3 Å². The van der Waals surface area contributed by atoms with Gasteiger partial charge >= 0.3 is 5.97 Å². The number of halogens is 1. The number of esters is 1. The Morgan fingerprint density at radius 3 is 2.80 bits per heavy atom. The summed E-state index contributed by atoms with van der Waals surface area (Å²) in [6, 6.07) is 8.85. The molecule has 5 nitrogen and oxygen atoms in total. The fourth-order valence-corrected chi connectivity index (χ4v) is 1.82. The van der Waals surface area contributed by atoms with E-state index < -0.39 is 5.97 Å². The predicted octanol–water partition coefficient (Wildman–Crippen LogP) is 2.98. The molecule has 1 heterocycles. The highest BCUT2D eigenvalue weighted by Crippen LogP contribution is 2.24. The summed E-state index contributed by atoms with van der Waals surface area (Å²) in [5, 5.41) is 7.79. The number of ether oxygens (including phenoxy) is 2. The van der Waals surface area contributed by atoms with Crippen molar-refractivity contribution in [3.8, 4) is 17.0 Å². The van der Waals surface area contributed by atoms with Crippen LogP contribution in [0, 0.1) is 0 Å². The van der Waals surface area contributed by atoms with Crippen LogP contribution in [0.3, 0.4) is 0 Å². The third kappa shape index (κ3) is 3.05. The fraction of sp³-hybridized carbons (Fsp3) is 0.214. The first-order valence-electron chi connectivity index (χ1n) is 6.00. The molecule has 0 aliphatic heterocycles. The normalized spacial score (nSPS) is 10.2. The summed E-state index contributed by atoms with van der Waals surface area (Å²) in [7, 11) is 1.58. The molecule has 0 radical (unpaired) electrons. The highest BCUT2D eigenvalue weighted by Gasteiger charge is 2.15. The number of hydrogen-bond donors (Lipinski definition) is 0. The maximum absolute atomic E-state index is 11.8. The van der Waals surface area contributed by atoms with Crippen LogP contribution < -0.4 is 4.74 Å². The summed E-state index contributed by atoms with van der Waals surface area (Å²) in [5.41, 5.74) is 1.50. The van der Waals surface area contributed by atoms with Crippen molar-refractivity contribution in [2.24, 2.45) is 0 Å². The van der Waals surface area contributed by atoms with E-state index >= 15 is 0 Å². The van der Waals surface area contributed by atoms with E-state index in [1.165, 1.54) is 0 Å². The molecule has 2 aromatic rings. The van der Waals surface area contributed by atoms with E-state index in [0.29, 0.717) is 11.4 Å². The summed E-state index contributed by atoms with van der Waals surface area (Å²) in [4.78, 5) is 11.8. The Bertz CT molecular complexity index is 632. The third-order valence-corrected chi connectivity index (χ3v) is 2.89. The topological polar surface area (TPSA) is 61.3 Å². The molecule has 20 heavy (non-hydrogen) atoms. The molecule has 104 valence electrons. The Morgan fingerprint density at radius 1 is 1.30 bits per heavy atom. The lowest BCUT2D eigenvalue weighted by Crippen LogP contribution is -2.07. The smallest absolute Gasteiger partial charge is 0.341 e. The third-order valence-electron chi connectivity index (χ3n) is 2.61. The lowest BCUT2D eigenvalue weighted by molar-refractivity contribution is 0.0526. The Morgan fingerprint density at radius 2 is 2.10 bits per heavy atom. The number of methoxy groups -OCH3 is 1. The number of rotatable bonds is 4. The van der Waals surface area contributed by atoms with Crippen molar-refractivity contribution < 1.29 is 14.3 Å². The van der Waals surface area contributed by atoms with Crippen molar-refractivity contribution in [1.82, 2.24) is 10.2 Å². The van der Waals surface area contributed by atoms with Crippen LogP contribution in [0.2, 0.25) is 5.15 Å². The molecule has 0 aliphatic carbocycles. The van der Waals surface area contributed by atoms with Crippen LogP contribution in [0.15, 0.2) is 30.3 Å². The molecular formula is C14H13ClN2O3. The van der Waals surface area contributed by atoms with E-state index in [0.717, 1.165) is 5.56 Å². The van der Waals surface area contributed by atoms with Crippen LogP contribution >= 0.6 is 11.6 Å². The second-order valence-electron chi connectivity index (χ2n) is 3.89. The van der Waals surface area contributed by atoms with Crippen LogP contribution in [0.4, 0.5) is 0 Å². The molecule has 0 spiro atoms. The van der Waals surface area contributed by atoms with Gasteiger partial charge in [-0.05, 0) is 25.1 Å². The van der Waals surface area contributed by atoms with Gasteiger partial charge in [0, 0.05) is 5.56 Å². The van der Waals surface area contributed by atoms with Gasteiger partial charge < -0.3 is 9.47 Å². The van der Waals surface area contributed by atoms with E-state index in [-0.39, 0.29) is 17.3 Å². The van der Waals surface area contributed by atoms with E-state index in [1.807, 2.05) is 18.2 Å². The first kappa shape index (κ1) is 14.3. The predicted molar refractivity (Wildman–Crippen MR) is 75.0 cm³/mol. The van der Waals surface area contributed by atoms with Gasteiger partial charge in [-0.15, -0.1) is 10.2 Å². The molecular weight excluding hydrogens is 280 g/mol. The van der Waals surface area contributed by atoms with Crippen LogP contribution in [-0.4, -0.2) is 29.9 Å². The molecule has 2 rings (SSSR count). The number of aromatic nitrogens is 2. The van der Waals surface area contributed by atoms with Crippen molar-refractivity contribution in [3.63, 3.8) is 0 Å². The van der Waals surface area contributed by atoms with Crippen molar-refractivity contribution in [3.05, 3.63) is 41.0 Å². The molecule has 0 saturated carbocycles. The van der Waals surface area contributed by atoms with Crippen molar-refractivity contribution in [2.45, 2.75) is 6.92 Å². The zero-order valence-corrected chi connectivity index (χ0v) is 11.8. The molecule has 1 aromatic heterocycles. The van der Waals surface area contributed by atoms with E-state index in [1.54, 1.807) is 26.2 Å². The number of hydrogen-bond acceptors (Lipinski definition) is 5. The van der Waals surface area contributed by atoms with Crippen molar-refractivity contribution in [1.29, 1.82) is 0 Å². The molecule has 1 aromatic carbocycles. The molecule has 6 heteroatoms. The fourth-order valence-electron chi connectivity index (χ4n) is 1.65. The van der Waals surface area contributed by atoms with E-state index in [4.69, 9.17) is 21.1 Å². The first-order valence-corrected chi connectivity index (χ1v) is 6.38. The summed E-state index contributed by atoms with van der Waals surface area (Å²) in [5.74, 6) is 0.175. The van der Waals surface area contributed by atoms with Gasteiger partial charge in [0.25, 0.3) is 0 Å². The number of benzene rings is 1. The summed E-state index contributed by atoms with van der Waals surface area (Å²) >= 11 is 5.87. The average Bonchev–Trinajstić information content (AvgIpc) is 2.48. The number of carbonyl (C=O) groups is 1. The van der Waals surface area contributed by atoms with Gasteiger partial charge in [0.2, 0.25) is 0 Å². The lowest BCUT2D eigenvalue weighted by atomic mass is 10.1. The highest BCUT2D eigenvalue weighted by molar-refractivity contribution is 6.32. The second-order valence-corrected chi connectivity index (χ2v) is 4.24. The van der Waals surface area contributed by atoms with Gasteiger partial charge in [-0.2, -0.15) is 0 Å². The molecule has 0 fully saturated rings. The zero-order valence-electron chi connectivity index (χ0n) is 11.1. The largest absolute Gasteiger partial charge is 0.497 e. The van der Waals surface area contributed by atoms with Crippen LogP contribution in [0.5, 0.6) is 5.75 Å². The lowest BCUT2D eigenvalue weighted by Gasteiger charge is -2.06. The minimum absolute atomic E-state index is 0.0232. The Kier molecular flexibility index (Phi) is 4.53. The van der Waals surface area contributed by atoms with Gasteiger partial charge in [0.05, 0.1) is 19.4 Å². The molecule has 0 N–H and O–H groups in total. The molecule has 0 aliphatic rings. The molecule has 0 bridgehead atoms. The molecule has 0 unspecified atom stereocenters. The minimum Gasteiger partial charge on any atom is -0.497 e. The molecule has 0 amide bonds. The monoisotopic (exact) mass is 292 g/mol. The van der Waals surface area contributed by atoms with Gasteiger partial charge in [0.15, 0.2) is 5.15 Å². The SMILES string of the molecule is CCOC(=O)c1cc(-c2cccc(OC)c2)nnc1Cl. The first-order chi connectivity index (χ1) is 9.65. The molecule has 0 atom stereocenters. The summed E-state index contributed by atoms with van der Waals surface area (Å²) < 4.78 is 10.1. The average molecular weight is 293 g/mol. The summed E-state index contributed by atoms with van der Waals surface area (Å²) in [6.07, 6.45) is 0. The highest BCUT2D eigenvalue weighted by atomic mass is 35.5. The van der Waals surface area contributed by atoms with Gasteiger partial charge in [-0.3, -0.25) is 0 Å². The van der Waals surface area contributed by atoms with Gasteiger partial charge in [-0.1, -0.05) is 23.7 Å². The number of nitrogens with zero attached hydrogens (tertiary/aromatic N) is 2. The number of carbonyl (C=O) groups excluding carboxylic acids is 1. The standard InChI is InChI=1S/C14H13ClN2O3/c1-3-20-14(18)11-8-12(16-17-13(11)15)9-5-4-6-10(7-9)19-2/h4-8H,3H2,1-2H3. The zero-order chi connectivity index (χ0) is 14.5. The van der Waals surface area contributed by atoms with E-state index in [9.17, 15) is 4.79 Å². The van der Waals surface area contributed by atoms with Crippen LogP contribution in [-0.2, 0) is 4.74 Å². The van der Waals surface area contributed by atoms with Gasteiger partial charge in [0.1, 0.15) is 11.3 Å². The quantitative estimate of drug-likeness (QED) is 0.811. The maximum Gasteiger partial charge on any atom is 0.341 e. The van der Waals surface area contributed by atoms with E-state index in [2.05, 4.69) is 10.2 Å². The van der Waals surface area contributed by atoms with Crippen molar-refractivity contribution >= 4 is 17.6 Å². The molecule has 0 saturated heterocycles. The minimum atomic E-state index is -0.517. The second kappa shape index (κ2) is 6.34.